The fraction of sp³-hybridized carbons (Fsp3) is 0.143. The summed E-state index contributed by atoms with van der Waals surface area (Å²) in [6.45, 7) is 18.8. The third-order valence-corrected chi connectivity index (χ3v) is 5.68. The predicted molar refractivity (Wildman–Crippen MR) is 124 cm³/mol. The van der Waals surface area contributed by atoms with Crippen molar-refractivity contribution >= 4 is 5.57 Å². The SMILES string of the molecule is C=C/C=C\C1=C(C)C(C=C)=C(/C=C\C)C12/C(=C/C=C\C)C(=C)c1ccccc12. The van der Waals surface area contributed by atoms with Crippen LogP contribution in [0.2, 0.25) is 0 Å². The van der Waals surface area contributed by atoms with Crippen LogP contribution >= 0.6 is 0 Å². The fourth-order valence-corrected chi connectivity index (χ4v) is 4.62. The normalized spacial score (nSPS) is 23.4. The van der Waals surface area contributed by atoms with Crippen molar-refractivity contribution in [2.45, 2.75) is 26.2 Å². The predicted octanol–water partition coefficient (Wildman–Crippen LogP) is 7.58. The molecule has 2 aliphatic rings. The Bertz CT molecular complexity index is 1030. The molecule has 0 saturated heterocycles. The van der Waals surface area contributed by atoms with Gasteiger partial charge < -0.3 is 0 Å². The van der Waals surface area contributed by atoms with E-state index >= 15 is 0 Å². The first-order valence-electron chi connectivity index (χ1n) is 9.72. The number of hydrogen-bond acceptors (Lipinski definition) is 0. The number of rotatable bonds is 5. The van der Waals surface area contributed by atoms with Crippen LogP contribution in [0.25, 0.3) is 5.57 Å². The van der Waals surface area contributed by atoms with Gasteiger partial charge in [0.2, 0.25) is 0 Å². The summed E-state index contributed by atoms with van der Waals surface area (Å²) in [5, 5.41) is 0. The largest absolute Gasteiger partial charge is 0.0991 e. The summed E-state index contributed by atoms with van der Waals surface area (Å²) in [6, 6.07) is 8.63. The molecular formula is C28H28. The summed E-state index contributed by atoms with van der Waals surface area (Å²) < 4.78 is 0. The summed E-state index contributed by atoms with van der Waals surface area (Å²) in [4.78, 5) is 0. The van der Waals surface area contributed by atoms with Crippen molar-refractivity contribution in [1.82, 2.24) is 0 Å². The molecule has 28 heavy (non-hydrogen) atoms. The van der Waals surface area contributed by atoms with Gasteiger partial charge in [-0.2, -0.15) is 0 Å². The van der Waals surface area contributed by atoms with E-state index in [9.17, 15) is 0 Å². The Balaban J connectivity index is 2.55. The van der Waals surface area contributed by atoms with Crippen LogP contribution in [0.4, 0.5) is 0 Å². The number of hydrogen-bond donors (Lipinski definition) is 0. The molecule has 0 aliphatic heterocycles. The number of fused-ring (bicyclic) bond motifs is 2. The van der Waals surface area contributed by atoms with Crippen molar-refractivity contribution in [1.29, 1.82) is 0 Å². The van der Waals surface area contributed by atoms with Gasteiger partial charge in [-0.25, -0.2) is 0 Å². The van der Waals surface area contributed by atoms with Gasteiger partial charge in [-0.05, 0) is 65.3 Å². The Labute approximate surface area is 169 Å². The van der Waals surface area contributed by atoms with Crippen molar-refractivity contribution < 1.29 is 0 Å². The highest BCUT2D eigenvalue weighted by atomic mass is 14.5. The monoisotopic (exact) mass is 364 g/mol. The van der Waals surface area contributed by atoms with Gasteiger partial charge in [-0.15, -0.1) is 0 Å². The van der Waals surface area contributed by atoms with Gasteiger partial charge in [0.05, 0.1) is 5.41 Å². The van der Waals surface area contributed by atoms with Gasteiger partial charge in [0.15, 0.2) is 0 Å². The van der Waals surface area contributed by atoms with E-state index in [-0.39, 0.29) is 5.41 Å². The molecule has 1 aromatic carbocycles. The Morgan fingerprint density at radius 3 is 2.32 bits per heavy atom. The van der Waals surface area contributed by atoms with Gasteiger partial charge >= 0.3 is 0 Å². The second kappa shape index (κ2) is 7.86. The molecule has 0 bridgehead atoms. The molecule has 0 fully saturated rings. The van der Waals surface area contributed by atoms with E-state index < -0.39 is 0 Å². The Kier molecular flexibility index (Phi) is 5.51. The maximum absolute atomic E-state index is 4.49. The van der Waals surface area contributed by atoms with Gasteiger partial charge in [0, 0.05) is 0 Å². The standard InChI is InChI=1S/C28H28/c1-7-11-17-24-20(5)22(10-4)26(15-9-3)28(24)25(18-12-8-2)21(6)23-16-13-14-19-27(23)28/h7-19H,1,4,6H2,2-3,5H3/b12-8-,15-9-,17-11-,25-18+. The molecular weight excluding hydrogens is 336 g/mol. The van der Waals surface area contributed by atoms with Gasteiger partial charge in [0.25, 0.3) is 0 Å². The van der Waals surface area contributed by atoms with E-state index in [1.165, 1.54) is 39.0 Å². The minimum absolute atomic E-state index is 0.382. The average molecular weight is 365 g/mol. The molecule has 140 valence electrons. The lowest BCUT2D eigenvalue weighted by molar-refractivity contribution is 0.779. The number of allylic oxidation sites excluding steroid dienone is 15. The van der Waals surface area contributed by atoms with Crippen molar-refractivity contribution in [3.05, 3.63) is 138 Å². The van der Waals surface area contributed by atoms with E-state index in [0.717, 1.165) is 5.57 Å². The third-order valence-electron chi connectivity index (χ3n) is 5.68. The van der Waals surface area contributed by atoms with Crippen molar-refractivity contribution in [3.8, 4) is 0 Å². The molecule has 0 aromatic heterocycles. The van der Waals surface area contributed by atoms with Crippen LogP contribution in [0.3, 0.4) is 0 Å². The first-order valence-corrected chi connectivity index (χ1v) is 9.72. The van der Waals surface area contributed by atoms with Gasteiger partial charge in [0.1, 0.15) is 0 Å². The lowest BCUT2D eigenvalue weighted by Crippen LogP contribution is -2.27. The maximum Gasteiger partial charge on any atom is 0.0721 e. The molecule has 1 atom stereocenters. The first-order chi connectivity index (χ1) is 13.6. The quantitative estimate of drug-likeness (QED) is 0.472. The Morgan fingerprint density at radius 1 is 0.929 bits per heavy atom. The topological polar surface area (TPSA) is 0 Å². The molecule has 0 heteroatoms. The van der Waals surface area contributed by atoms with Crippen molar-refractivity contribution in [3.63, 3.8) is 0 Å². The molecule has 2 aliphatic carbocycles. The summed E-state index contributed by atoms with van der Waals surface area (Å²) in [5.41, 5.74) is 9.37. The van der Waals surface area contributed by atoms with Crippen LogP contribution in [-0.4, -0.2) is 0 Å². The lowest BCUT2D eigenvalue weighted by Gasteiger charge is -2.33. The highest BCUT2D eigenvalue weighted by Crippen LogP contribution is 2.62. The van der Waals surface area contributed by atoms with E-state index in [1.807, 2.05) is 25.2 Å². The molecule has 1 spiro atoms. The molecule has 1 unspecified atom stereocenters. The molecule has 3 rings (SSSR count). The second-order valence-electron chi connectivity index (χ2n) is 7.05. The van der Waals surface area contributed by atoms with E-state index in [0.29, 0.717) is 0 Å². The highest BCUT2D eigenvalue weighted by molar-refractivity contribution is 5.96. The minimum Gasteiger partial charge on any atom is -0.0991 e. The lowest BCUT2D eigenvalue weighted by atomic mass is 9.68. The average Bonchev–Trinajstić information content (AvgIpc) is 3.09. The van der Waals surface area contributed by atoms with Gasteiger partial charge in [-0.1, -0.05) is 98.7 Å². The van der Waals surface area contributed by atoms with E-state index in [1.54, 1.807) is 0 Å². The van der Waals surface area contributed by atoms with Crippen LogP contribution in [0.1, 0.15) is 31.9 Å². The summed E-state index contributed by atoms with van der Waals surface area (Å²) >= 11 is 0. The van der Waals surface area contributed by atoms with Crippen molar-refractivity contribution in [2.24, 2.45) is 0 Å². The molecule has 1 aromatic rings. The molecule has 0 heterocycles. The molecule has 0 amide bonds. The zero-order valence-electron chi connectivity index (χ0n) is 17.1. The molecule has 0 nitrogen and oxygen atoms in total. The van der Waals surface area contributed by atoms with E-state index in [2.05, 4.69) is 94.3 Å². The maximum atomic E-state index is 4.49. The van der Waals surface area contributed by atoms with Crippen LogP contribution in [0.15, 0.2) is 127 Å². The van der Waals surface area contributed by atoms with E-state index in [4.69, 9.17) is 0 Å². The molecule has 0 N–H and O–H groups in total. The van der Waals surface area contributed by atoms with Crippen LogP contribution in [0.5, 0.6) is 0 Å². The second-order valence-corrected chi connectivity index (χ2v) is 7.05. The smallest absolute Gasteiger partial charge is 0.0721 e. The Morgan fingerprint density at radius 2 is 1.68 bits per heavy atom. The zero-order chi connectivity index (χ0) is 20.3. The van der Waals surface area contributed by atoms with Crippen LogP contribution in [0, 0.1) is 0 Å². The summed E-state index contributed by atoms with van der Waals surface area (Å²) in [6.07, 6.45) is 18.8. The van der Waals surface area contributed by atoms with Crippen molar-refractivity contribution in [2.75, 3.05) is 0 Å². The molecule has 0 radical (unpaired) electrons. The highest BCUT2D eigenvalue weighted by Gasteiger charge is 2.52. The number of benzene rings is 1. The van der Waals surface area contributed by atoms with Crippen LogP contribution < -0.4 is 0 Å². The summed E-state index contributed by atoms with van der Waals surface area (Å²) in [7, 11) is 0. The van der Waals surface area contributed by atoms with Gasteiger partial charge in [-0.3, -0.25) is 0 Å². The Hall–Kier alpha value is -3.12. The first kappa shape index (κ1) is 19.6. The van der Waals surface area contributed by atoms with Crippen LogP contribution in [-0.2, 0) is 5.41 Å². The zero-order valence-corrected chi connectivity index (χ0v) is 17.1. The fourth-order valence-electron chi connectivity index (χ4n) is 4.62. The summed E-state index contributed by atoms with van der Waals surface area (Å²) in [5.74, 6) is 0. The molecule has 0 saturated carbocycles. The minimum atomic E-state index is -0.382. The third kappa shape index (κ3) is 2.60.